The molecule has 0 aliphatic rings. The lowest BCUT2D eigenvalue weighted by atomic mass is 10.0. The van der Waals surface area contributed by atoms with E-state index in [4.69, 9.17) is 20.0 Å². The van der Waals surface area contributed by atoms with Crippen molar-refractivity contribution in [2.24, 2.45) is 10.9 Å². The van der Waals surface area contributed by atoms with Gasteiger partial charge in [-0.05, 0) is 43.2 Å². The van der Waals surface area contributed by atoms with E-state index < -0.39 is 60.6 Å². The Kier molecular flexibility index (Phi) is 12.0. The van der Waals surface area contributed by atoms with Gasteiger partial charge in [-0.1, -0.05) is 32.0 Å². The predicted octanol–water partition coefficient (Wildman–Crippen LogP) is 1.78. The number of nitrogens with one attached hydrogen (secondary N) is 3. The molecule has 14 nitrogen and oxygen atoms in total. The number of carboxylic acid groups (broad SMARTS) is 1. The highest BCUT2D eigenvalue weighted by Gasteiger charge is 2.31. The van der Waals surface area contributed by atoms with Crippen LogP contribution in [0.2, 0.25) is 0 Å². The van der Waals surface area contributed by atoms with Crippen LogP contribution in [0.4, 0.5) is 0 Å². The van der Waals surface area contributed by atoms with Crippen molar-refractivity contribution in [3.8, 4) is 5.75 Å². The summed E-state index contributed by atoms with van der Waals surface area (Å²) in [5.41, 5.74) is 1.49. The molecule has 1 heterocycles. The van der Waals surface area contributed by atoms with Crippen molar-refractivity contribution in [1.29, 1.82) is 5.41 Å². The number of carbonyl (C=O) groups excluding carboxylic acids is 4. The van der Waals surface area contributed by atoms with Gasteiger partial charge < -0.3 is 30.3 Å². The number of aliphatic carboxylic acids is 1. The summed E-state index contributed by atoms with van der Waals surface area (Å²) >= 11 is 0. The van der Waals surface area contributed by atoms with E-state index in [0.29, 0.717) is 27.8 Å². The second-order valence-electron chi connectivity index (χ2n) is 10.7. The molecular weight excluding hydrogens is 598 g/mol. The molecule has 0 saturated carbocycles. The number of nitrogens with zero attached hydrogens (tertiary/aromatic N) is 2. The zero-order valence-electron chi connectivity index (χ0n) is 25.7. The highest BCUT2D eigenvalue weighted by atomic mass is 16.5. The lowest BCUT2D eigenvalue weighted by molar-refractivity contribution is -0.141. The summed E-state index contributed by atoms with van der Waals surface area (Å²) in [6.07, 6.45) is 0.264. The lowest BCUT2D eigenvalue weighted by Crippen LogP contribution is -2.54. The van der Waals surface area contributed by atoms with Crippen LogP contribution in [0, 0.1) is 11.3 Å². The number of Topliss-reactive ketones (excluding diaryl/α,β-unsaturated/α-hetero) is 1. The molecule has 3 rings (SSSR count). The van der Waals surface area contributed by atoms with Crippen LogP contribution in [0.1, 0.15) is 48.7 Å². The minimum Gasteiger partial charge on any atom is -0.578 e. The number of methoxy groups -OCH3 is 1. The van der Waals surface area contributed by atoms with E-state index in [2.05, 4.69) is 20.6 Å². The summed E-state index contributed by atoms with van der Waals surface area (Å²) < 4.78 is 10.4. The number of amidine groups is 1. The van der Waals surface area contributed by atoms with Gasteiger partial charge in [0.2, 0.25) is 11.8 Å². The number of amides is 2. The Morgan fingerprint density at radius 3 is 2.41 bits per heavy atom. The first kappa shape index (κ1) is 34.8. The summed E-state index contributed by atoms with van der Waals surface area (Å²) in [6, 6.07) is 10.6. The first-order valence-electron chi connectivity index (χ1n) is 14.2. The van der Waals surface area contributed by atoms with E-state index in [0.717, 1.165) is 0 Å². The number of para-hydroxylation sites is 1. The first-order chi connectivity index (χ1) is 21.8. The van der Waals surface area contributed by atoms with Crippen LogP contribution in [-0.2, 0) is 30.3 Å². The number of carboxylic acids is 1. The normalized spacial score (nSPS) is 12.6. The third-order valence-electron chi connectivity index (χ3n) is 6.71. The number of carbonyl (C=O) groups is 5. The SMILES string of the molecule is COc1ccc(C([OH2+])=NC(C)=N)cc1CC(=O)N[C@H](C(=O)NC(CC(=O)O)C(=O)COC(=O)c1cnc2ccccc2c1)C(C)C. The first-order valence-corrected chi connectivity index (χ1v) is 14.2. The molecule has 1 aromatic heterocycles. The molecule has 3 aromatic rings. The predicted molar refractivity (Wildman–Crippen MR) is 168 cm³/mol. The van der Waals surface area contributed by atoms with Crippen LogP contribution < -0.4 is 15.4 Å². The van der Waals surface area contributed by atoms with Gasteiger partial charge in [0.05, 0.1) is 36.6 Å². The standard InChI is InChI=1S/C32H35N5O9/c1-17(2)29(37-27(39)13-21-12-20(9-10-26(21)45-4)30(42)35-18(3)33)31(43)36-24(14-28(40)41)25(38)16-46-32(44)22-11-19-7-5-6-8-23(19)34-15-22/h5-12,15,17,24,29H,13-14,16H2,1-4H3,(H,36,43)(H,37,39)(H,40,41)(H2,33,35,42)/p+1/t24?,29-/m0/s1. The topological polar surface area (TPSA) is 220 Å². The molecule has 46 heavy (non-hydrogen) atoms. The van der Waals surface area contributed by atoms with Gasteiger partial charge in [-0.25, -0.2) is 4.79 Å². The monoisotopic (exact) mass is 634 g/mol. The molecule has 0 aliphatic carbocycles. The number of benzene rings is 2. The van der Waals surface area contributed by atoms with Gasteiger partial charge in [0, 0.05) is 17.1 Å². The number of rotatable bonds is 14. The van der Waals surface area contributed by atoms with Crippen LogP contribution in [0.3, 0.4) is 0 Å². The third-order valence-corrected chi connectivity index (χ3v) is 6.71. The molecule has 1 unspecified atom stereocenters. The fraction of sp³-hybridized carbons (Fsp3) is 0.312. The molecule has 2 aromatic carbocycles. The second-order valence-corrected chi connectivity index (χ2v) is 10.7. The van der Waals surface area contributed by atoms with Crippen LogP contribution in [0.15, 0.2) is 59.7 Å². The van der Waals surface area contributed by atoms with E-state index in [1.165, 1.54) is 26.3 Å². The van der Waals surface area contributed by atoms with Gasteiger partial charge in [-0.3, -0.25) is 29.6 Å². The fourth-order valence-electron chi connectivity index (χ4n) is 4.41. The summed E-state index contributed by atoms with van der Waals surface area (Å²) in [5.74, 6) is -4.85. The molecule has 0 saturated heterocycles. The average Bonchev–Trinajstić information content (AvgIpc) is 3.00. The van der Waals surface area contributed by atoms with Crippen LogP contribution in [-0.4, -0.2) is 82.3 Å². The fourth-order valence-corrected chi connectivity index (χ4v) is 4.41. The quantitative estimate of drug-likeness (QED) is 0.0877. The Hall–Kier alpha value is -5.66. The molecule has 242 valence electrons. The van der Waals surface area contributed by atoms with E-state index in [9.17, 15) is 29.1 Å². The van der Waals surface area contributed by atoms with Gasteiger partial charge in [0.15, 0.2) is 12.4 Å². The largest absolute Gasteiger partial charge is 0.578 e. The van der Waals surface area contributed by atoms with Crippen LogP contribution in [0.25, 0.3) is 10.9 Å². The lowest BCUT2D eigenvalue weighted by Gasteiger charge is -2.24. The number of hydrogen-bond acceptors (Lipinski definition) is 9. The maximum Gasteiger partial charge on any atom is 0.366 e. The number of ketones is 1. The zero-order chi connectivity index (χ0) is 34.0. The van der Waals surface area contributed by atoms with Crippen molar-refractivity contribution in [1.82, 2.24) is 15.6 Å². The van der Waals surface area contributed by atoms with Gasteiger partial charge >= 0.3 is 17.8 Å². The highest BCUT2D eigenvalue weighted by Crippen LogP contribution is 2.21. The van der Waals surface area contributed by atoms with Crippen molar-refractivity contribution in [2.45, 2.75) is 45.7 Å². The van der Waals surface area contributed by atoms with Crippen molar-refractivity contribution in [3.05, 3.63) is 71.4 Å². The van der Waals surface area contributed by atoms with Gasteiger partial charge in [0.25, 0.3) is 0 Å². The van der Waals surface area contributed by atoms with Crippen molar-refractivity contribution >= 4 is 52.2 Å². The Morgan fingerprint density at radius 1 is 1.04 bits per heavy atom. The molecule has 0 radical (unpaired) electrons. The van der Waals surface area contributed by atoms with Crippen LogP contribution in [0.5, 0.6) is 5.75 Å². The summed E-state index contributed by atoms with van der Waals surface area (Å²) in [4.78, 5) is 71.3. The maximum atomic E-state index is 13.2. The van der Waals surface area contributed by atoms with E-state index in [-0.39, 0.29) is 23.7 Å². The van der Waals surface area contributed by atoms with Crippen LogP contribution >= 0.6 is 0 Å². The minimum absolute atomic E-state index is 0.0639. The number of aliphatic imine (C=N–C) groups is 1. The molecule has 6 N–H and O–H groups in total. The molecule has 0 fully saturated rings. The number of hydrogen-bond donors (Lipinski definition) is 4. The van der Waals surface area contributed by atoms with Crippen molar-refractivity contribution in [2.75, 3.05) is 13.7 Å². The number of esters is 1. The molecule has 2 amide bonds. The van der Waals surface area contributed by atoms with Crippen molar-refractivity contribution < 1.29 is 43.7 Å². The zero-order valence-corrected chi connectivity index (χ0v) is 25.7. The molecular formula is C32H36N5O9+. The maximum absolute atomic E-state index is 13.2. The third kappa shape index (κ3) is 9.67. The Balaban J connectivity index is 1.69. The van der Waals surface area contributed by atoms with E-state index >= 15 is 0 Å². The number of aromatic nitrogens is 1. The van der Waals surface area contributed by atoms with Gasteiger partial charge in [-0.15, -0.1) is 0 Å². The second kappa shape index (κ2) is 15.9. The molecule has 14 heteroatoms. The molecule has 2 atom stereocenters. The Bertz CT molecular complexity index is 1690. The summed E-state index contributed by atoms with van der Waals surface area (Å²) in [6.45, 7) is 3.93. The molecule has 0 spiro atoms. The number of fused-ring (bicyclic) bond motifs is 1. The minimum atomic E-state index is -1.55. The highest BCUT2D eigenvalue weighted by molar-refractivity contribution is 6.01. The Morgan fingerprint density at radius 2 is 1.76 bits per heavy atom. The molecule has 0 bridgehead atoms. The van der Waals surface area contributed by atoms with Crippen molar-refractivity contribution in [3.63, 3.8) is 0 Å². The van der Waals surface area contributed by atoms with E-state index in [1.54, 1.807) is 56.3 Å². The Labute approximate surface area is 264 Å². The smallest absolute Gasteiger partial charge is 0.366 e. The number of pyridine rings is 1. The van der Waals surface area contributed by atoms with Gasteiger partial charge in [-0.2, -0.15) is 4.99 Å². The van der Waals surface area contributed by atoms with E-state index in [1.807, 2.05) is 0 Å². The van der Waals surface area contributed by atoms with Gasteiger partial charge in [0.1, 0.15) is 23.7 Å². The molecule has 0 aliphatic heterocycles. The summed E-state index contributed by atoms with van der Waals surface area (Å²) in [7, 11) is 1.41. The average molecular weight is 635 g/mol. The summed E-state index contributed by atoms with van der Waals surface area (Å²) in [5, 5.41) is 30.6. The number of ether oxygens (including phenoxy) is 2.